The molecule has 18 heavy (non-hydrogen) atoms. The van der Waals surface area contributed by atoms with Crippen molar-refractivity contribution in [1.82, 2.24) is 4.90 Å². The van der Waals surface area contributed by atoms with Crippen molar-refractivity contribution in [1.29, 1.82) is 0 Å². The SMILES string of the molecule is C=CCN(CCOC)C(=O)c1ccc(Cl)c(N)c1. The van der Waals surface area contributed by atoms with Gasteiger partial charge in [-0.15, -0.1) is 6.58 Å². The molecule has 0 saturated heterocycles. The van der Waals surface area contributed by atoms with Crippen LogP contribution in [0.4, 0.5) is 5.69 Å². The topological polar surface area (TPSA) is 55.6 Å². The molecule has 0 unspecified atom stereocenters. The van der Waals surface area contributed by atoms with Crippen LogP contribution in [0.5, 0.6) is 0 Å². The van der Waals surface area contributed by atoms with Gasteiger partial charge in [-0.05, 0) is 18.2 Å². The molecular formula is C13H17ClN2O2. The molecule has 0 bridgehead atoms. The summed E-state index contributed by atoms with van der Waals surface area (Å²) < 4.78 is 4.97. The van der Waals surface area contributed by atoms with Crippen LogP contribution in [0.2, 0.25) is 5.02 Å². The number of hydrogen-bond acceptors (Lipinski definition) is 3. The van der Waals surface area contributed by atoms with Crippen LogP contribution in [-0.4, -0.2) is 37.6 Å². The van der Waals surface area contributed by atoms with E-state index >= 15 is 0 Å². The molecule has 0 aromatic heterocycles. The van der Waals surface area contributed by atoms with Crippen LogP contribution in [0.1, 0.15) is 10.4 Å². The van der Waals surface area contributed by atoms with E-state index in [0.29, 0.717) is 36.0 Å². The molecule has 0 aliphatic rings. The van der Waals surface area contributed by atoms with Crippen molar-refractivity contribution >= 4 is 23.2 Å². The molecule has 1 rings (SSSR count). The fourth-order valence-corrected chi connectivity index (χ4v) is 1.61. The minimum absolute atomic E-state index is 0.115. The normalized spacial score (nSPS) is 10.1. The molecule has 0 spiro atoms. The summed E-state index contributed by atoms with van der Waals surface area (Å²) in [5.41, 5.74) is 6.59. The maximum Gasteiger partial charge on any atom is 0.254 e. The summed E-state index contributed by atoms with van der Waals surface area (Å²) in [7, 11) is 1.59. The van der Waals surface area contributed by atoms with E-state index in [1.165, 1.54) is 0 Å². The Balaban J connectivity index is 2.86. The van der Waals surface area contributed by atoms with Crippen LogP contribution in [0.25, 0.3) is 0 Å². The van der Waals surface area contributed by atoms with Crippen molar-refractivity contribution in [3.05, 3.63) is 41.4 Å². The Morgan fingerprint density at radius 2 is 2.33 bits per heavy atom. The van der Waals surface area contributed by atoms with E-state index in [1.54, 1.807) is 36.3 Å². The predicted octanol–water partition coefficient (Wildman–Crippen LogP) is 2.20. The average molecular weight is 269 g/mol. The lowest BCUT2D eigenvalue weighted by atomic mass is 10.1. The van der Waals surface area contributed by atoms with Crippen molar-refractivity contribution < 1.29 is 9.53 Å². The van der Waals surface area contributed by atoms with Crippen molar-refractivity contribution in [2.24, 2.45) is 0 Å². The van der Waals surface area contributed by atoms with Gasteiger partial charge in [-0.2, -0.15) is 0 Å². The molecule has 5 heteroatoms. The van der Waals surface area contributed by atoms with E-state index in [1.807, 2.05) is 0 Å². The number of halogens is 1. The van der Waals surface area contributed by atoms with Gasteiger partial charge in [0.1, 0.15) is 0 Å². The fourth-order valence-electron chi connectivity index (χ4n) is 1.49. The molecule has 0 aliphatic carbocycles. The third kappa shape index (κ3) is 3.75. The van der Waals surface area contributed by atoms with Crippen LogP contribution in [-0.2, 0) is 4.74 Å². The smallest absolute Gasteiger partial charge is 0.254 e. The first-order valence-electron chi connectivity index (χ1n) is 5.54. The van der Waals surface area contributed by atoms with Crippen LogP contribution >= 0.6 is 11.6 Å². The Morgan fingerprint density at radius 1 is 1.61 bits per heavy atom. The first kappa shape index (κ1) is 14.5. The zero-order valence-corrected chi connectivity index (χ0v) is 11.1. The van der Waals surface area contributed by atoms with Crippen LogP contribution in [0, 0.1) is 0 Å². The summed E-state index contributed by atoms with van der Waals surface area (Å²) in [5, 5.41) is 0.443. The number of amides is 1. The third-order valence-corrected chi connectivity index (χ3v) is 2.79. The highest BCUT2D eigenvalue weighted by atomic mass is 35.5. The number of hydrogen-bond donors (Lipinski definition) is 1. The molecule has 0 aliphatic heterocycles. The molecule has 1 aromatic rings. The average Bonchev–Trinajstić information content (AvgIpc) is 2.37. The first-order valence-corrected chi connectivity index (χ1v) is 5.92. The maximum atomic E-state index is 12.2. The number of rotatable bonds is 6. The van der Waals surface area contributed by atoms with Crippen LogP contribution < -0.4 is 5.73 Å². The minimum atomic E-state index is -0.115. The second kappa shape index (κ2) is 7.03. The van der Waals surface area contributed by atoms with Gasteiger partial charge in [-0.1, -0.05) is 17.7 Å². The molecule has 1 aromatic carbocycles. The maximum absolute atomic E-state index is 12.2. The highest BCUT2D eigenvalue weighted by Crippen LogP contribution is 2.20. The Morgan fingerprint density at radius 3 is 2.89 bits per heavy atom. The monoisotopic (exact) mass is 268 g/mol. The van der Waals surface area contributed by atoms with Gasteiger partial charge in [-0.25, -0.2) is 0 Å². The van der Waals surface area contributed by atoms with Crippen molar-refractivity contribution in [2.45, 2.75) is 0 Å². The van der Waals surface area contributed by atoms with Crippen molar-refractivity contribution in [3.63, 3.8) is 0 Å². The standard InChI is InChI=1S/C13H17ClN2O2/c1-3-6-16(7-8-18-2)13(17)10-4-5-11(14)12(15)9-10/h3-5,9H,1,6-8,15H2,2H3. The van der Waals surface area contributed by atoms with Gasteiger partial charge < -0.3 is 15.4 Å². The number of benzene rings is 1. The lowest BCUT2D eigenvalue weighted by molar-refractivity contribution is 0.0718. The van der Waals surface area contributed by atoms with Gasteiger partial charge in [0.2, 0.25) is 0 Å². The number of ether oxygens (including phenoxy) is 1. The van der Waals surface area contributed by atoms with Crippen molar-refractivity contribution in [3.8, 4) is 0 Å². The number of nitrogens with two attached hydrogens (primary N) is 1. The largest absolute Gasteiger partial charge is 0.398 e. The van der Waals surface area contributed by atoms with E-state index in [0.717, 1.165) is 0 Å². The van der Waals surface area contributed by atoms with E-state index in [-0.39, 0.29) is 5.91 Å². The summed E-state index contributed by atoms with van der Waals surface area (Å²) in [4.78, 5) is 13.9. The van der Waals surface area contributed by atoms with E-state index in [9.17, 15) is 4.79 Å². The second-order valence-electron chi connectivity index (χ2n) is 3.77. The summed E-state index contributed by atoms with van der Waals surface area (Å²) in [6, 6.07) is 4.85. The number of carbonyl (C=O) groups is 1. The lowest BCUT2D eigenvalue weighted by Gasteiger charge is -2.21. The van der Waals surface area contributed by atoms with Gasteiger partial charge in [0.05, 0.1) is 17.3 Å². The van der Waals surface area contributed by atoms with Gasteiger partial charge in [0.15, 0.2) is 0 Å². The highest BCUT2D eigenvalue weighted by Gasteiger charge is 2.15. The lowest BCUT2D eigenvalue weighted by Crippen LogP contribution is -2.34. The molecule has 98 valence electrons. The Hall–Kier alpha value is -1.52. The number of anilines is 1. The van der Waals surface area contributed by atoms with Gasteiger partial charge in [-0.3, -0.25) is 4.79 Å². The Bertz CT molecular complexity index is 435. The second-order valence-corrected chi connectivity index (χ2v) is 4.18. The summed E-state index contributed by atoms with van der Waals surface area (Å²) >= 11 is 5.82. The molecule has 2 N–H and O–H groups in total. The highest BCUT2D eigenvalue weighted by molar-refractivity contribution is 6.33. The minimum Gasteiger partial charge on any atom is -0.398 e. The quantitative estimate of drug-likeness (QED) is 0.636. The molecule has 1 amide bonds. The molecular weight excluding hydrogens is 252 g/mol. The number of carbonyl (C=O) groups excluding carboxylic acids is 1. The first-order chi connectivity index (χ1) is 8.60. The number of nitrogens with zero attached hydrogens (tertiary/aromatic N) is 1. The molecule has 0 heterocycles. The number of nitrogen functional groups attached to an aromatic ring is 1. The van der Waals surface area contributed by atoms with Gasteiger partial charge in [0.25, 0.3) is 5.91 Å². The van der Waals surface area contributed by atoms with Gasteiger partial charge in [0, 0.05) is 25.8 Å². The van der Waals surface area contributed by atoms with Crippen LogP contribution in [0.3, 0.4) is 0 Å². The zero-order chi connectivity index (χ0) is 13.5. The zero-order valence-electron chi connectivity index (χ0n) is 10.4. The van der Waals surface area contributed by atoms with Crippen LogP contribution in [0.15, 0.2) is 30.9 Å². The molecule has 0 atom stereocenters. The molecule has 0 saturated carbocycles. The van der Waals surface area contributed by atoms with E-state index < -0.39 is 0 Å². The Kier molecular flexibility index (Phi) is 5.68. The van der Waals surface area contributed by atoms with E-state index in [4.69, 9.17) is 22.1 Å². The molecule has 0 radical (unpaired) electrons. The number of methoxy groups -OCH3 is 1. The fraction of sp³-hybridized carbons (Fsp3) is 0.308. The molecule has 4 nitrogen and oxygen atoms in total. The summed E-state index contributed by atoms with van der Waals surface area (Å²) in [5.74, 6) is -0.115. The third-order valence-electron chi connectivity index (χ3n) is 2.44. The van der Waals surface area contributed by atoms with E-state index in [2.05, 4.69) is 6.58 Å². The summed E-state index contributed by atoms with van der Waals surface area (Å²) in [6.07, 6.45) is 1.67. The Labute approximate surface area is 112 Å². The predicted molar refractivity (Wildman–Crippen MR) is 73.8 cm³/mol. The summed E-state index contributed by atoms with van der Waals surface area (Å²) in [6.45, 7) is 5.08. The van der Waals surface area contributed by atoms with Crippen molar-refractivity contribution in [2.75, 3.05) is 32.5 Å². The van der Waals surface area contributed by atoms with Gasteiger partial charge >= 0.3 is 0 Å². The molecule has 0 fully saturated rings.